The van der Waals surface area contributed by atoms with Crippen LogP contribution in [0.4, 0.5) is 0 Å². The van der Waals surface area contributed by atoms with E-state index in [4.69, 9.17) is 19.3 Å². The number of benzene rings is 2. The lowest BCUT2D eigenvalue weighted by Gasteiger charge is -2.15. The van der Waals surface area contributed by atoms with Crippen molar-refractivity contribution in [1.29, 1.82) is 0 Å². The smallest absolute Gasteiger partial charge is 0.262 e. The zero-order valence-corrected chi connectivity index (χ0v) is 15.8. The van der Waals surface area contributed by atoms with Crippen LogP contribution in [0, 0.1) is 13.8 Å². The van der Waals surface area contributed by atoms with Crippen molar-refractivity contribution in [2.75, 3.05) is 27.4 Å². The summed E-state index contributed by atoms with van der Waals surface area (Å²) in [5, 5.41) is 9.41. The maximum absolute atomic E-state index is 12.7. The molecule has 7 nitrogen and oxygen atoms in total. The first-order chi connectivity index (χ1) is 13.0. The molecule has 27 heavy (non-hydrogen) atoms. The molecule has 0 aliphatic heterocycles. The summed E-state index contributed by atoms with van der Waals surface area (Å²) in [6, 6.07) is 7.13. The number of aromatic amines is 1. The third-order valence-electron chi connectivity index (χ3n) is 4.40. The summed E-state index contributed by atoms with van der Waals surface area (Å²) in [6.45, 7) is 3.94. The van der Waals surface area contributed by atoms with Crippen molar-refractivity contribution in [3.63, 3.8) is 0 Å². The molecule has 0 spiro atoms. The fraction of sp³-hybridized carbons (Fsp3) is 0.300. The van der Waals surface area contributed by atoms with Crippen LogP contribution in [0.25, 0.3) is 22.3 Å². The molecular weight excluding hydrogens is 348 g/mol. The number of aryl methyl sites for hydroxylation is 1. The van der Waals surface area contributed by atoms with E-state index in [0.717, 1.165) is 16.7 Å². The Labute approximate surface area is 156 Å². The van der Waals surface area contributed by atoms with Gasteiger partial charge < -0.3 is 24.3 Å². The topological polar surface area (TPSA) is 93.7 Å². The summed E-state index contributed by atoms with van der Waals surface area (Å²) in [4.78, 5) is 20.2. The van der Waals surface area contributed by atoms with E-state index in [-0.39, 0.29) is 18.8 Å². The minimum atomic E-state index is -0.299. The van der Waals surface area contributed by atoms with Crippen LogP contribution in [0.5, 0.6) is 17.2 Å². The first-order valence-corrected chi connectivity index (χ1v) is 8.50. The molecule has 0 unspecified atom stereocenters. The molecule has 0 fully saturated rings. The molecule has 3 rings (SSSR count). The van der Waals surface area contributed by atoms with Crippen molar-refractivity contribution in [3.05, 3.63) is 45.7 Å². The summed E-state index contributed by atoms with van der Waals surface area (Å²) in [7, 11) is 3.04. The average Bonchev–Trinajstić information content (AvgIpc) is 2.66. The molecule has 2 N–H and O–H groups in total. The highest BCUT2D eigenvalue weighted by Crippen LogP contribution is 2.33. The molecule has 2 aromatic carbocycles. The molecular formula is C20H22N2O5. The van der Waals surface area contributed by atoms with Gasteiger partial charge in [0.15, 0.2) is 0 Å². The summed E-state index contributed by atoms with van der Waals surface area (Å²) < 4.78 is 16.3. The largest absolute Gasteiger partial charge is 0.497 e. The standard InChI is InChI=1S/C20H22N2O5/c1-11-5-6-14(12(2)18(11)27-8-7-23)19-21-15-9-13(25-3)10-16(26-4)17(15)20(24)22-19/h5-6,9-10,23H,7-8H2,1-4H3,(H,21,22,24). The maximum atomic E-state index is 12.7. The Morgan fingerprint density at radius 2 is 1.93 bits per heavy atom. The van der Waals surface area contributed by atoms with Crippen molar-refractivity contribution < 1.29 is 19.3 Å². The highest BCUT2D eigenvalue weighted by molar-refractivity contribution is 5.87. The SMILES string of the molecule is COc1cc(OC)c2c(=O)[nH]c(-c3ccc(C)c(OCCO)c3C)nc2c1. The number of nitrogens with zero attached hydrogens (tertiary/aromatic N) is 1. The van der Waals surface area contributed by atoms with Gasteiger partial charge in [0.2, 0.25) is 0 Å². The molecule has 0 amide bonds. The zero-order chi connectivity index (χ0) is 19.6. The fourth-order valence-electron chi connectivity index (χ4n) is 3.07. The number of hydrogen-bond acceptors (Lipinski definition) is 6. The van der Waals surface area contributed by atoms with Crippen molar-refractivity contribution in [1.82, 2.24) is 9.97 Å². The third kappa shape index (κ3) is 3.46. The van der Waals surface area contributed by atoms with Gasteiger partial charge in [0, 0.05) is 23.3 Å². The van der Waals surface area contributed by atoms with E-state index < -0.39 is 0 Å². The molecule has 0 saturated heterocycles. The predicted molar refractivity (Wildman–Crippen MR) is 103 cm³/mol. The monoisotopic (exact) mass is 370 g/mol. The lowest BCUT2D eigenvalue weighted by Crippen LogP contribution is -2.12. The van der Waals surface area contributed by atoms with Crippen molar-refractivity contribution >= 4 is 10.9 Å². The molecule has 0 atom stereocenters. The van der Waals surface area contributed by atoms with E-state index in [1.54, 1.807) is 19.2 Å². The Hall–Kier alpha value is -3.06. The normalized spacial score (nSPS) is 10.9. The molecule has 0 aliphatic rings. The quantitative estimate of drug-likeness (QED) is 0.693. The Kier molecular flexibility index (Phi) is 5.32. The van der Waals surface area contributed by atoms with Crippen LogP contribution < -0.4 is 19.8 Å². The predicted octanol–water partition coefficient (Wildman–Crippen LogP) is 2.60. The van der Waals surface area contributed by atoms with Crippen LogP contribution >= 0.6 is 0 Å². The van der Waals surface area contributed by atoms with Crippen LogP contribution in [0.3, 0.4) is 0 Å². The van der Waals surface area contributed by atoms with Crippen LogP contribution in [-0.4, -0.2) is 42.5 Å². The Morgan fingerprint density at radius 3 is 2.59 bits per heavy atom. The summed E-state index contributed by atoms with van der Waals surface area (Å²) >= 11 is 0. The van der Waals surface area contributed by atoms with Crippen LogP contribution in [0.2, 0.25) is 0 Å². The van der Waals surface area contributed by atoms with Crippen LogP contribution in [0.1, 0.15) is 11.1 Å². The van der Waals surface area contributed by atoms with Gasteiger partial charge in [-0.1, -0.05) is 12.1 Å². The molecule has 0 bridgehead atoms. The number of aromatic nitrogens is 2. The average molecular weight is 370 g/mol. The summed E-state index contributed by atoms with van der Waals surface area (Å²) in [6.07, 6.45) is 0. The van der Waals surface area contributed by atoms with E-state index >= 15 is 0 Å². The number of rotatable bonds is 6. The van der Waals surface area contributed by atoms with Crippen molar-refractivity contribution in [3.8, 4) is 28.6 Å². The summed E-state index contributed by atoms with van der Waals surface area (Å²) in [5.74, 6) is 2.05. The highest BCUT2D eigenvalue weighted by Gasteiger charge is 2.16. The van der Waals surface area contributed by atoms with E-state index in [9.17, 15) is 4.79 Å². The number of aliphatic hydroxyl groups is 1. The van der Waals surface area contributed by atoms with Gasteiger partial charge in [-0.25, -0.2) is 4.98 Å². The van der Waals surface area contributed by atoms with Crippen molar-refractivity contribution in [2.45, 2.75) is 13.8 Å². The van der Waals surface area contributed by atoms with E-state index in [0.29, 0.717) is 34.0 Å². The maximum Gasteiger partial charge on any atom is 0.262 e. The number of ether oxygens (including phenoxy) is 3. The Bertz CT molecular complexity index is 1040. The molecule has 3 aromatic rings. The molecule has 7 heteroatoms. The van der Waals surface area contributed by atoms with Gasteiger partial charge in [-0.15, -0.1) is 0 Å². The van der Waals surface area contributed by atoms with Gasteiger partial charge in [0.05, 0.1) is 26.3 Å². The summed E-state index contributed by atoms with van der Waals surface area (Å²) in [5.41, 5.74) is 2.70. The minimum Gasteiger partial charge on any atom is -0.497 e. The zero-order valence-electron chi connectivity index (χ0n) is 15.8. The van der Waals surface area contributed by atoms with Crippen LogP contribution in [-0.2, 0) is 0 Å². The lowest BCUT2D eigenvalue weighted by molar-refractivity contribution is 0.200. The molecule has 142 valence electrons. The second kappa shape index (κ2) is 7.67. The number of fused-ring (bicyclic) bond motifs is 1. The molecule has 1 heterocycles. The number of methoxy groups -OCH3 is 2. The van der Waals surface area contributed by atoms with Crippen molar-refractivity contribution in [2.24, 2.45) is 0 Å². The van der Waals surface area contributed by atoms with Gasteiger partial charge in [-0.05, 0) is 19.4 Å². The van der Waals surface area contributed by atoms with E-state index in [1.807, 2.05) is 26.0 Å². The third-order valence-corrected chi connectivity index (χ3v) is 4.40. The number of aliphatic hydroxyl groups excluding tert-OH is 1. The van der Waals surface area contributed by atoms with Gasteiger partial charge >= 0.3 is 0 Å². The van der Waals surface area contributed by atoms with Crippen LogP contribution in [0.15, 0.2) is 29.1 Å². The van der Waals surface area contributed by atoms with E-state index in [2.05, 4.69) is 9.97 Å². The Balaban J connectivity index is 2.22. The van der Waals surface area contributed by atoms with Gasteiger partial charge in [-0.2, -0.15) is 0 Å². The van der Waals surface area contributed by atoms with Gasteiger partial charge in [0.1, 0.15) is 35.1 Å². The highest BCUT2D eigenvalue weighted by atomic mass is 16.5. The van der Waals surface area contributed by atoms with E-state index in [1.165, 1.54) is 7.11 Å². The van der Waals surface area contributed by atoms with Gasteiger partial charge in [0.25, 0.3) is 5.56 Å². The second-order valence-corrected chi connectivity index (χ2v) is 6.09. The first kappa shape index (κ1) is 18.7. The second-order valence-electron chi connectivity index (χ2n) is 6.09. The lowest BCUT2D eigenvalue weighted by atomic mass is 10.0. The first-order valence-electron chi connectivity index (χ1n) is 8.50. The molecule has 0 aliphatic carbocycles. The Morgan fingerprint density at radius 1 is 1.15 bits per heavy atom. The number of hydrogen-bond donors (Lipinski definition) is 2. The van der Waals surface area contributed by atoms with Gasteiger partial charge in [-0.3, -0.25) is 4.79 Å². The molecule has 1 aromatic heterocycles. The minimum absolute atomic E-state index is 0.0756. The fourth-order valence-corrected chi connectivity index (χ4v) is 3.07. The number of H-pyrrole nitrogens is 1. The number of nitrogens with one attached hydrogen (secondary N) is 1. The molecule has 0 radical (unpaired) electrons. The molecule has 0 saturated carbocycles.